The van der Waals surface area contributed by atoms with Gasteiger partial charge in [0.15, 0.2) is 5.96 Å². The number of halogens is 1. The Balaban J connectivity index is 0.00000288. The largest absolute Gasteiger partial charge is 0.496 e. The molecule has 24 heavy (non-hydrogen) atoms. The zero-order valence-corrected chi connectivity index (χ0v) is 17.6. The molecule has 0 aliphatic carbocycles. The minimum absolute atomic E-state index is 0. The summed E-state index contributed by atoms with van der Waals surface area (Å²) in [6.07, 6.45) is 0.897. The van der Waals surface area contributed by atoms with E-state index < -0.39 is 0 Å². The summed E-state index contributed by atoms with van der Waals surface area (Å²) in [5.41, 5.74) is 3.71. The molecule has 0 amide bonds. The maximum absolute atomic E-state index is 5.43. The fourth-order valence-electron chi connectivity index (χ4n) is 2.31. The predicted molar refractivity (Wildman–Crippen MR) is 114 cm³/mol. The van der Waals surface area contributed by atoms with Crippen molar-refractivity contribution in [2.45, 2.75) is 26.8 Å². The monoisotopic (exact) mass is 459 g/mol. The molecule has 0 atom stereocenters. The summed E-state index contributed by atoms with van der Waals surface area (Å²) in [6.45, 7) is 6.54. The van der Waals surface area contributed by atoms with Crippen molar-refractivity contribution in [1.29, 1.82) is 0 Å². The van der Waals surface area contributed by atoms with Crippen molar-refractivity contribution in [3.63, 3.8) is 0 Å². The molecule has 0 radical (unpaired) electrons. The molecule has 0 unspecified atom stereocenters. The number of hydrogen-bond donors (Lipinski definition) is 2. The van der Waals surface area contributed by atoms with E-state index in [4.69, 9.17) is 4.74 Å². The van der Waals surface area contributed by atoms with E-state index >= 15 is 0 Å². The van der Waals surface area contributed by atoms with Crippen LogP contribution in [0.1, 0.15) is 23.6 Å². The first-order valence-electron chi connectivity index (χ1n) is 7.89. The third-order valence-electron chi connectivity index (χ3n) is 3.47. The normalized spacial score (nSPS) is 10.9. The van der Waals surface area contributed by atoms with Crippen LogP contribution in [-0.2, 0) is 13.0 Å². The maximum atomic E-state index is 5.43. The van der Waals surface area contributed by atoms with Crippen LogP contribution in [0.2, 0.25) is 0 Å². The Labute approximate surface area is 165 Å². The molecule has 0 aliphatic heterocycles. The van der Waals surface area contributed by atoms with Crippen molar-refractivity contribution in [2.24, 2.45) is 4.99 Å². The Kier molecular flexibility index (Phi) is 9.78. The molecule has 4 nitrogen and oxygen atoms in total. The van der Waals surface area contributed by atoms with Crippen molar-refractivity contribution in [1.82, 2.24) is 10.6 Å². The fourth-order valence-corrected chi connectivity index (χ4v) is 2.97. The highest BCUT2D eigenvalue weighted by atomic mass is 127. The van der Waals surface area contributed by atoms with Crippen molar-refractivity contribution >= 4 is 41.3 Å². The van der Waals surface area contributed by atoms with E-state index in [1.807, 2.05) is 6.07 Å². The fraction of sp³-hybridized carbons (Fsp3) is 0.389. The van der Waals surface area contributed by atoms with Gasteiger partial charge in [-0.1, -0.05) is 17.7 Å². The van der Waals surface area contributed by atoms with Gasteiger partial charge in [0.1, 0.15) is 5.75 Å². The lowest BCUT2D eigenvalue weighted by molar-refractivity contribution is 0.409. The zero-order valence-electron chi connectivity index (χ0n) is 14.5. The van der Waals surface area contributed by atoms with Gasteiger partial charge in [0.2, 0.25) is 0 Å². The van der Waals surface area contributed by atoms with Gasteiger partial charge >= 0.3 is 0 Å². The second-order valence-corrected chi connectivity index (χ2v) is 6.10. The highest BCUT2D eigenvalue weighted by Crippen LogP contribution is 2.19. The van der Waals surface area contributed by atoms with Crippen LogP contribution in [0.3, 0.4) is 0 Å². The third-order valence-corrected chi connectivity index (χ3v) is 4.20. The van der Waals surface area contributed by atoms with E-state index in [0.717, 1.165) is 31.2 Å². The van der Waals surface area contributed by atoms with Crippen LogP contribution in [0, 0.1) is 6.92 Å². The number of thiophene rings is 1. The summed E-state index contributed by atoms with van der Waals surface area (Å²) < 4.78 is 5.43. The molecule has 132 valence electrons. The molecule has 0 bridgehead atoms. The lowest BCUT2D eigenvalue weighted by atomic mass is 10.1. The van der Waals surface area contributed by atoms with Crippen LogP contribution < -0.4 is 15.4 Å². The average molecular weight is 459 g/mol. The summed E-state index contributed by atoms with van der Waals surface area (Å²) >= 11 is 1.70. The van der Waals surface area contributed by atoms with Crippen LogP contribution in [0.15, 0.2) is 40.0 Å². The molecule has 0 spiro atoms. The third kappa shape index (κ3) is 6.68. The predicted octanol–water partition coefficient (Wildman–Crippen LogP) is 3.98. The van der Waals surface area contributed by atoms with Crippen molar-refractivity contribution in [3.8, 4) is 5.75 Å². The number of aliphatic imine (C=N–C) groups is 1. The van der Waals surface area contributed by atoms with E-state index in [1.54, 1.807) is 18.4 Å². The van der Waals surface area contributed by atoms with Crippen molar-refractivity contribution in [2.75, 3.05) is 20.2 Å². The smallest absolute Gasteiger partial charge is 0.191 e. The quantitative estimate of drug-likeness (QED) is 0.374. The lowest BCUT2D eigenvalue weighted by Gasteiger charge is -2.13. The van der Waals surface area contributed by atoms with Gasteiger partial charge in [0.25, 0.3) is 0 Å². The van der Waals surface area contributed by atoms with Gasteiger partial charge in [-0.3, -0.25) is 0 Å². The SMILES string of the molecule is CCNC(=NCc1ccsc1)NCCc1cc(C)ccc1OC.I. The lowest BCUT2D eigenvalue weighted by Crippen LogP contribution is -2.38. The standard InChI is InChI=1S/C18H25N3OS.HI/c1-4-19-18(21-12-15-8-10-23-13-15)20-9-7-16-11-14(2)5-6-17(16)22-3;/h5-6,8,10-11,13H,4,7,9,12H2,1-3H3,(H2,19,20,21);1H. The Bertz CT molecular complexity index is 629. The number of methoxy groups -OCH3 is 1. The van der Waals surface area contributed by atoms with Gasteiger partial charge in [0, 0.05) is 13.1 Å². The van der Waals surface area contributed by atoms with E-state index in [1.165, 1.54) is 16.7 Å². The van der Waals surface area contributed by atoms with E-state index in [-0.39, 0.29) is 24.0 Å². The molecule has 0 saturated heterocycles. The number of ether oxygens (including phenoxy) is 1. The molecule has 2 N–H and O–H groups in total. The van der Waals surface area contributed by atoms with Crippen LogP contribution in [0.5, 0.6) is 5.75 Å². The van der Waals surface area contributed by atoms with Crippen LogP contribution in [-0.4, -0.2) is 26.2 Å². The van der Waals surface area contributed by atoms with Gasteiger partial charge < -0.3 is 15.4 Å². The minimum atomic E-state index is 0. The number of aryl methyl sites for hydroxylation is 1. The van der Waals surface area contributed by atoms with Gasteiger partial charge in [-0.25, -0.2) is 4.99 Å². The molecular weight excluding hydrogens is 433 g/mol. The molecule has 2 rings (SSSR count). The van der Waals surface area contributed by atoms with Gasteiger partial charge in [-0.15, -0.1) is 24.0 Å². The first kappa shape index (κ1) is 20.8. The molecule has 0 aliphatic rings. The summed E-state index contributed by atoms with van der Waals surface area (Å²) in [7, 11) is 1.72. The number of hydrogen-bond acceptors (Lipinski definition) is 3. The number of benzene rings is 1. The summed E-state index contributed by atoms with van der Waals surface area (Å²) in [5.74, 6) is 1.79. The maximum Gasteiger partial charge on any atom is 0.191 e. The highest BCUT2D eigenvalue weighted by molar-refractivity contribution is 14.0. The summed E-state index contributed by atoms with van der Waals surface area (Å²) in [5, 5.41) is 10.9. The second-order valence-electron chi connectivity index (χ2n) is 5.32. The van der Waals surface area contributed by atoms with E-state index in [2.05, 4.69) is 58.4 Å². The Hall–Kier alpha value is -1.28. The molecule has 0 fully saturated rings. The van der Waals surface area contributed by atoms with E-state index in [0.29, 0.717) is 6.54 Å². The molecule has 1 heterocycles. The summed E-state index contributed by atoms with van der Waals surface area (Å²) in [4.78, 5) is 4.62. The molecule has 6 heteroatoms. The Morgan fingerprint density at radius 3 is 2.75 bits per heavy atom. The molecule has 1 aromatic carbocycles. The Morgan fingerprint density at radius 1 is 1.25 bits per heavy atom. The topological polar surface area (TPSA) is 45.7 Å². The average Bonchev–Trinajstić information content (AvgIpc) is 3.06. The first-order chi connectivity index (χ1) is 11.2. The second kappa shape index (κ2) is 11.3. The van der Waals surface area contributed by atoms with Crippen LogP contribution >= 0.6 is 35.3 Å². The zero-order chi connectivity index (χ0) is 16.5. The number of nitrogens with zero attached hydrogens (tertiary/aromatic N) is 1. The van der Waals surface area contributed by atoms with Gasteiger partial charge in [0.05, 0.1) is 13.7 Å². The van der Waals surface area contributed by atoms with E-state index in [9.17, 15) is 0 Å². The minimum Gasteiger partial charge on any atom is -0.496 e. The van der Waals surface area contributed by atoms with Crippen molar-refractivity contribution < 1.29 is 4.74 Å². The van der Waals surface area contributed by atoms with Gasteiger partial charge in [-0.2, -0.15) is 11.3 Å². The van der Waals surface area contributed by atoms with Gasteiger partial charge in [-0.05, 0) is 54.3 Å². The highest BCUT2D eigenvalue weighted by Gasteiger charge is 2.04. The number of rotatable bonds is 7. The Morgan fingerprint density at radius 2 is 2.08 bits per heavy atom. The van der Waals surface area contributed by atoms with Crippen LogP contribution in [0.4, 0.5) is 0 Å². The first-order valence-corrected chi connectivity index (χ1v) is 8.84. The molecule has 2 aromatic rings. The number of guanidine groups is 1. The van der Waals surface area contributed by atoms with Crippen molar-refractivity contribution in [3.05, 3.63) is 51.7 Å². The number of nitrogens with one attached hydrogen (secondary N) is 2. The molecular formula is C18H26IN3OS. The summed E-state index contributed by atoms with van der Waals surface area (Å²) in [6, 6.07) is 8.38. The van der Waals surface area contributed by atoms with Crippen LogP contribution in [0.25, 0.3) is 0 Å². The molecule has 1 aromatic heterocycles. The molecule has 0 saturated carbocycles.